The Bertz CT molecular complexity index is 1520. The molecule has 10 heteroatoms. The number of aliphatic hydroxyl groups is 2. The van der Waals surface area contributed by atoms with E-state index in [1.54, 1.807) is 23.9 Å². The van der Waals surface area contributed by atoms with Gasteiger partial charge < -0.3 is 34.6 Å². The molecule has 6 unspecified atom stereocenters. The fourth-order valence-electron chi connectivity index (χ4n) is 7.85. The van der Waals surface area contributed by atoms with Gasteiger partial charge in [-0.15, -0.1) is 6.58 Å². The number of carbonyl (C=O) groups is 1. The summed E-state index contributed by atoms with van der Waals surface area (Å²) in [5.74, 6) is 1.02. The molecule has 0 bridgehead atoms. The molecule has 9 nitrogen and oxygen atoms in total. The molecule has 2 aromatic carbocycles. The summed E-state index contributed by atoms with van der Waals surface area (Å²) in [7, 11) is 0. The number of benzene rings is 2. The fourth-order valence-corrected chi connectivity index (χ4v) is 9.02. The monoisotopic (exact) mass is 720 g/mol. The quantitative estimate of drug-likeness (QED) is 0.0852. The van der Waals surface area contributed by atoms with E-state index < -0.39 is 17.5 Å². The molecule has 278 valence electrons. The molecule has 3 aliphatic rings. The van der Waals surface area contributed by atoms with Crippen LogP contribution in [0.3, 0.4) is 0 Å². The van der Waals surface area contributed by atoms with Gasteiger partial charge in [-0.2, -0.15) is 11.8 Å². The molecular weight excluding hydrogens is 665 g/mol. The second kappa shape index (κ2) is 17.9. The Labute approximate surface area is 307 Å². The number of nitrogens with zero attached hydrogens (tertiary/aromatic N) is 1. The third kappa shape index (κ3) is 9.38. The van der Waals surface area contributed by atoms with Crippen LogP contribution in [0, 0.1) is 17.8 Å². The van der Waals surface area contributed by atoms with Crippen molar-refractivity contribution < 1.29 is 34.1 Å². The Morgan fingerprint density at radius 2 is 1.84 bits per heavy atom. The summed E-state index contributed by atoms with van der Waals surface area (Å²) in [6.07, 6.45) is 9.19. The molecule has 1 aliphatic heterocycles. The van der Waals surface area contributed by atoms with Gasteiger partial charge in [0.2, 0.25) is 5.79 Å². The zero-order valence-electron chi connectivity index (χ0n) is 30.6. The first-order chi connectivity index (χ1) is 24.6. The van der Waals surface area contributed by atoms with E-state index in [9.17, 15) is 15.0 Å². The second-order valence-corrected chi connectivity index (χ2v) is 16.1. The van der Waals surface area contributed by atoms with Gasteiger partial charge in [-0.25, -0.2) is 4.79 Å². The van der Waals surface area contributed by atoms with Crippen molar-refractivity contribution in [2.75, 3.05) is 25.6 Å². The third-order valence-electron chi connectivity index (χ3n) is 9.91. The SMILES string of the molecule is C=CCOC12Oc3ccc(OC(=O)NCc4ccccc4)cc3C3C(CCCCO)C(CCCCO)C=C(C(=NOC(C)(C)C)CC1SCC)C32. The minimum absolute atomic E-state index is 0.0765. The van der Waals surface area contributed by atoms with Gasteiger partial charge in [-0.3, -0.25) is 0 Å². The van der Waals surface area contributed by atoms with E-state index in [4.69, 9.17) is 24.2 Å². The predicted octanol–water partition coefficient (Wildman–Crippen LogP) is 8.16. The van der Waals surface area contributed by atoms with Crippen LogP contribution in [0.2, 0.25) is 0 Å². The molecule has 1 saturated carbocycles. The topological polar surface area (TPSA) is 119 Å². The van der Waals surface area contributed by atoms with Crippen molar-refractivity contribution in [3.63, 3.8) is 0 Å². The number of rotatable bonds is 17. The average molecular weight is 721 g/mol. The van der Waals surface area contributed by atoms with Gasteiger partial charge in [0.25, 0.3) is 0 Å². The molecule has 2 aliphatic carbocycles. The number of allylic oxidation sites excluding steroid dienone is 1. The first-order valence-corrected chi connectivity index (χ1v) is 19.6. The fraction of sp³-hybridized carbons (Fsp3) is 0.561. The Morgan fingerprint density at radius 1 is 1.10 bits per heavy atom. The van der Waals surface area contributed by atoms with Crippen molar-refractivity contribution in [2.45, 2.75) is 102 Å². The van der Waals surface area contributed by atoms with Crippen LogP contribution in [-0.4, -0.2) is 64.2 Å². The van der Waals surface area contributed by atoms with Crippen LogP contribution in [0.25, 0.3) is 0 Å². The van der Waals surface area contributed by atoms with Crippen molar-refractivity contribution in [1.82, 2.24) is 5.32 Å². The van der Waals surface area contributed by atoms with Crippen molar-refractivity contribution in [1.29, 1.82) is 0 Å². The summed E-state index contributed by atoms with van der Waals surface area (Å²) < 4.78 is 19.9. The number of ether oxygens (including phenoxy) is 3. The lowest BCUT2D eigenvalue weighted by Crippen LogP contribution is -2.64. The molecule has 2 aromatic rings. The summed E-state index contributed by atoms with van der Waals surface area (Å²) in [5, 5.41) is 27.2. The van der Waals surface area contributed by atoms with Gasteiger partial charge in [0.1, 0.15) is 17.1 Å². The molecule has 5 rings (SSSR count). The highest BCUT2D eigenvalue weighted by Gasteiger charge is 2.63. The number of carbonyl (C=O) groups excluding carboxylic acids is 1. The lowest BCUT2D eigenvalue weighted by molar-refractivity contribution is -0.223. The lowest BCUT2D eigenvalue weighted by atomic mass is 9.56. The molecule has 1 amide bonds. The Kier molecular flexibility index (Phi) is 13.7. The Balaban J connectivity index is 1.64. The minimum atomic E-state index is -1.01. The van der Waals surface area contributed by atoms with Crippen LogP contribution in [-0.2, 0) is 16.1 Å². The molecule has 51 heavy (non-hydrogen) atoms. The van der Waals surface area contributed by atoms with Gasteiger partial charge in [-0.05, 0) is 93.4 Å². The molecule has 0 spiro atoms. The number of hydrogen-bond donors (Lipinski definition) is 3. The summed E-state index contributed by atoms with van der Waals surface area (Å²) >= 11 is 1.81. The van der Waals surface area contributed by atoms with E-state index in [2.05, 4.69) is 24.9 Å². The van der Waals surface area contributed by atoms with Gasteiger partial charge in [-0.1, -0.05) is 67.4 Å². The number of oxime groups is 1. The van der Waals surface area contributed by atoms with E-state index in [1.807, 2.05) is 63.2 Å². The maximum atomic E-state index is 13.0. The molecular formula is C41H56N2O7S. The van der Waals surface area contributed by atoms with Crippen molar-refractivity contribution in [3.05, 3.63) is 84.0 Å². The van der Waals surface area contributed by atoms with E-state index >= 15 is 0 Å². The molecule has 1 heterocycles. The highest BCUT2D eigenvalue weighted by atomic mass is 32.2. The van der Waals surface area contributed by atoms with Crippen LogP contribution >= 0.6 is 11.8 Å². The van der Waals surface area contributed by atoms with Crippen LogP contribution in [0.5, 0.6) is 11.5 Å². The molecule has 3 N–H and O–H groups in total. The Hall–Kier alpha value is -3.31. The molecule has 0 saturated heterocycles. The number of fused-ring (bicyclic) bond motifs is 2. The van der Waals surface area contributed by atoms with E-state index in [0.29, 0.717) is 37.5 Å². The van der Waals surface area contributed by atoms with E-state index in [-0.39, 0.29) is 42.1 Å². The zero-order chi connectivity index (χ0) is 36.4. The predicted molar refractivity (Wildman–Crippen MR) is 203 cm³/mol. The van der Waals surface area contributed by atoms with Crippen molar-refractivity contribution >= 4 is 23.6 Å². The summed E-state index contributed by atoms with van der Waals surface area (Å²) in [5.41, 5.74) is 3.46. The van der Waals surface area contributed by atoms with Crippen LogP contribution < -0.4 is 14.8 Å². The highest BCUT2D eigenvalue weighted by Crippen LogP contribution is 2.62. The standard InChI is InChI=1S/C41H56N2O7S/c1-6-23-47-41-36(51-7-2)26-34(43-50-40(3,4)5)32-24-29(17-11-13-21-44)31(18-12-14-22-45)37(38(32)41)33-25-30(19-20-35(33)49-41)48-39(46)42-27-28-15-9-8-10-16-28/h6,8-10,15-16,19-20,24-25,29,31,36-38,44-45H,1,7,11-14,17-18,21-23,26-27H2,2-5H3,(H,42,46). The van der Waals surface area contributed by atoms with Crippen LogP contribution in [0.15, 0.2) is 78.0 Å². The number of unbranched alkanes of at least 4 members (excludes halogenated alkanes) is 2. The van der Waals surface area contributed by atoms with E-state index in [0.717, 1.165) is 60.3 Å². The summed E-state index contributed by atoms with van der Waals surface area (Å²) in [6, 6.07) is 15.4. The maximum Gasteiger partial charge on any atom is 0.412 e. The van der Waals surface area contributed by atoms with Gasteiger partial charge in [0.05, 0.1) is 23.5 Å². The maximum absolute atomic E-state index is 13.0. The number of aliphatic hydroxyl groups excluding tert-OH is 2. The second-order valence-electron chi connectivity index (χ2n) is 14.6. The smallest absolute Gasteiger partial charge is 0.412 e. The first-order valence-electron chi connectivity index (χ1n) is 18.5. The molecule has 1 fully saturated rings. The first kappa shape index (κ1) is 38.9. The number of hydrogen-bond acceptors (Lipinski definition) is 9. The van der Waals surface area contributed by atoms with E-state index in [1.165, 1.54) is 0 Å². The number of thioether (sulfide) groups is 1. The van der Waals surface area contributed by atoms with Crippen molar-refractivity contribution in [3.8, 4) is 11.5 Å². The van der Waals surface area contributed by atoms with Gasteiger partial charge in [0, 0.05) is 37.7 Å². The largest absolute Gasteiger partial charge is 0.460 e. The minimum Gasteiger partial charge on any atom is -0.460 e. The molecule has 0 radical (unpaired) electrons. The van der Waals surface area contributed by atoms with Gasteiger partial charge >= 0.3 is 6.09 Å². The third-order valence-corrected chi connectivity index (χ3v) is 11.1. The Morgan fingerprint density at radius 3 is 2.53 bits per heavy atom. The summed E-state index contributed by atoms with van der Waals surface area (Å²) in [6.45, 7) is 13.1. The number of nitrogens with one attached hydrogen (secondary N) is 1. The van der Waals surface area contributed by atoms with Gasteiger partial charge in [0.15, 0.2) is 0 Å². The number of amides is 1. The summed E-state index contributed by atoms with van der Waals surface area (Å²) in [4.78, 5) is 19.2. The molecule has 0 aromatic heterocycles. The van der Waals surface area contributed by atoms with Crippen molar-refractivity contribution in [2.24, 2.45) is 22.9 Å². The zero-order valence-corrected chi connectivity index (χ0v) is 31.5. The van der Waals surface area contributed by atoms with Crippen LogP contribution in [0.4, 0.5) is 4.79 Å². The highest BCUT2D eigenvalue weighted by molar-refractivity contribution is 8.00. The normalized spacial score (nSPS) is 26.0. The van der Waals surface area contributed by atoms with Crippen LogP contribution in [0.1, 0.15) is 89.7 Å². The average Bonchev–Trinajstić information content (AvgIpc) is 3.11. The molecule has 6 atom stereocenters. The lowest BCUT2D eigenvalue weighted by Gasteiger charge is -2.58.